The summed E-state index contributed by atoms with van der Waals surface area (Å²) in [6, 6.07) is 4.32. The highest BCUT2D eigenvalue weighted by Gasteiger charge is 2.43. The summed E-state index contributed by atoms with van der Waals surface area (Å²) in [6.07, 6.45) is -0.748. The van der Waals surface area contributed by atoms with E-state index in [1.54, 1.807) is 15.9 Å². The van der Waals surface area contributed by atoms with Gasteiger partial charge in [-0.3, -0.25) is 9.59 Å². The summed E-state index contributed by atoms with van der Waals surface area (Å²) >= 11 is 0. The lowest BCUT2D eigenvalue weighted by Gasteiger charge is -2.37. The normalized spacial score (nSPS) is 21.4. The first kappa shape index (κ1) is 17.7. The molecule has 2 amide bonds. The van der Waals surface area contributed by atoms with Crippen LogP contribution < -0.4 is 9.47 Å². The van der Waals surface area contributed by atoms with Gasteiger partial charge in [-0.05, 0) is 23.8 Å². The first-order chi connectivity index (χ1) is 12.9. The van der Waals surface area contributed by atoms with Crippen LogP contribution in [0.1, 0.15) is 5.56 Å². The second-order valence-corrected chi connectivity index (χ2v) is 6.59. The monoisotopic (exact) mass is 380 g/mol. The van der Waals surface area contributed by atoms with E-state index in [-0.39, 0.29) is 29.2 Å². The summed E-state index contributed by atoms with van der Waals surface area (Å²) in [5, 5.41) is 0. The molecule has 144 valence electrons. The highest BCUT2D eigenvalue weighted by atomic mass is 19.3. The van der Waals surface area contributed by atoms with Crippen molar-refractivity contribution in [3.8, 4) is 11.5 Å². The van der Waals surface area contributed by atoms with Crippen molar-refractivity contribution in [2.45, 2.75) is 6.29 Å². The average Bonchev–Trinajstić information content (AvgIpc) is 2.91. The van der Waals surface area contributed by atoms with Gasteiger partial charge in [0, 0.05) is 32.3 Å². The standard InChI is InChI=1S/C18H18F2N2O5/c19-18(20)26-14-3-1-12(9-15(14)27-18)2-4-16(23)21-5-7-22(8-6-21)17(24)13-10-25-11-13/h1-4,9,13H,5-8,10-11H2/b4-2+. The van der Waals surface area contributed by atoms with Gasteiger partial charge in [0.1, 0.15) is 0 Å². The Morgan fingerprint density at radius 3 is 2.37 bits per heavy atom. The molecule has 0 unspecified atom stereocenters. The van der Waals surface area contributed by atoms with Crippen molar-refractivity contribution >= 4 is 17.9 Å². The zero-order valence-electron chi connectivity index (χ0n) is 14.4. The fourth-order valence-corrected chi connectivity index (χ4v) is 3.13. The SMILES string of the molecule is O=C(/C=C/c1ccc2c(c1)OC(F)(F)O2)N1CCN(C(=O)C2COC2)CC1. The number of piperazine rings is 1. The minimum Gasteiger partial charge on any atom is -0.395 e. The Bertz CT molecular complexity index is 786. The predicted molar refractivity (Wildman–Crippen MR) is 89.1 cm³/mol. The summed E-state index contributed by atoms with van der Waals surface area (Å²) in [5.74, 6) is -0.272. The largest absolute Gasteiger partial charge is 0.586 e. The van der Waals surface area contributed by atoms with Crippen LogP contribution >= 0.6 is 0 Å². The van der Waals surface area contributed by atoms with Crippen molar-refractivity contribution in [1.29, 1.82) is 0 Å². The zero-order valence-corrected chi connectivity index (χ0v) is 14.4. The molecule has 9 heteroatoms. The van der Waals surface area contributed by atoms with Gasteiger partial charge in [0.05, 0.1) is 19.1 Å². The molecule has 1 aromatic rings. The zero-order chi connectivity index (χ0) is 19.0. The van der Waals surface area contributed by atoms with Crippen LogP contribution in [0, 0.1) is 5.92 Å². The van der Waals surface area contributed by atoms with Crippen LogP contribution in [0.15, 0.2) is 24.3 Å². The van der Waals surface area contributed by atoms with Gasteiger partial charge in [0.25, 0.3) is 0 Å². The maximum atomic E-state index is 13.0. The van der Waals surface area contributed by atoms with E-state index in [9.17, 15) is 18.4 Å². The van der Waals surface area contributed by atoms with Crippen LogP contribution in [0.3, 0.4) is 0 Å². The molecule has 3 aliphatic heterocycles. The summed E-state index contributed by atoms with van der Waals surface area (Å²) in [7, 11) is 0. The van der Waals surface area contributed by atoms with Crippen LogP contribution in [0.5, 0.6) is 11.5 Å². The van der Waals surface area contributed by atoms with E-state index in [1.807, 2.05) is 0 Å². The summed E-state index contributed by atoms with van der Waals surface area (Å²) in [6.45, 7) is 2.85. The van der Waals surface area contributed by atoms with Crippen molar-refractivity contribution in [1.82, 2.24) is 9.80 Å². The number of carbonyl (C=O) groups excluding carboxylic acids is 2. The Balaban J connectivity index is 1.32. The van der Waals surface area contributed by atoms with E-state index in [1.165, 1.54) is 24.3 Å². The molecule has 0 aromatic heterocycles. The Kier molecular flexibility index (Phi) is 4.47. The summed E-state index contributed by atoms with van der Waals surface area (Å²) in [5.41, 5.74) is 0.544. The fourth-order valence-electron chi connectivity index (χ4n) is 3.13. The van der Waals surface area contributed by atoms with E-state index < -0.39 is 6.29 Å². The molecule has 0 aliphatic carbocycles. The Morgan fingerprint density at radius 2 is 1.70 bits per heavy atom. The van der Waals surface area contributed by atoms with Crippen LogP contribution in [0.2, 0.25) is 0 Å². The number of rotatable bonds is 3. The number of ether oxygens (including phenoxy) is 3. The molecular formula is C18H18F2N2O5. The van der Waals surface area contributed by atoms with E-state index in [2.05, 4.69) is 9.47 Å². The van der Waals surface area contributed by atoms with Gasteiger partial charge in [-0.15, -0.1) is 8.78 Å². The van der Waals surface area contributed by atoms with Crippen molar-refractivity contribution in [2.75, 3.05) is 39.4 Å². The third-order valence-corrected chi connectivity index (χ3v) is 4.73. The molecule has 3 heterocycles. The van der Waals surface area contributed by atoms with Crippen LogP contribution in [0.4, 0.5) is 8.78 Å². The minimum absolute atomic E-state index is 0.0406. The summed E-state index contributed by atoms with van der Waals surface area (Å²) in [4.78, 5) is 27.9. The second kappa shape index (κ2) is 6.80. The quantitative estimate of drug-likeness (QED) is 0.741. The predicted octanol–water partition coefficient (Wildman–Crippen LogP) is 1.34. The van der Waals surface area contributed by atoms with E-state index in [4.69, 9.17) is 4.74 Å². The lowest BCUT2D eigenvalue weighted by Crippen LogP contribution is -2.54. The molecule has 0 spiro atoms. The lowest BCUT2D eigenvalue weighted by atomic mass is 10.1. The van der Waals surface area contributed by atoms with Gasteiger partial charge in [0.15, 0.2) is 11.5 Å². The molecule has 1 aromatic carbocycles. The number of halogens is 2. The molecule has 0 saturated carbocycles. The molecule has 3 aliphatic rings. The highest BCUT2D eigenvalue weighted by Crippen LogP contribution is 2.41. The summed E-state index contributed by atoms with van der Waals surface area (Å²) < 4.78 is 39.8. The third kappa shape index (κ3) is 3.73. The molecule has 2 fully saturated rings. The lowest BCUT2D eigenvalue weighted by molar-refractivity contribution is -0.286. The van der Waals surface area contributed by atoms with Crippen LogP contribution in [0.25, 0.3) is 6.08 Å². The molecule has 0 N–H and O–H groups in total. The second-order valence-electron chi connectivity index (χ2n) is 6.59. The highest BCUT2D eigenvalue weighted by molar-refractivity contribution is 5.92. The van der Waals surface area contributed by atoms with Crippen molar-refractivity contribution < 1.29 is 32.6 Å². The van der Waals surface area contributed by atoms with Gasteiger partial charge < -0.3 is 24.0 Å². The molecule has 0 atom stereocenters. The first-order valence-electron chi connectivity index (χ1n) is 8.65. The minimum atomic E-state index is -3.66. The number of benzene rings is 1. The molecular weight excluding hydrogens is 362 g/mol. The maximum absolute atomic E-state index is 13.0. The number of alkyl halides is 2. The number of nitrogens with zero attached hydrogens (tertiary/aromatic N) is 2. The van der Waals surface area contributed by atoms with Crippen molar-refractivity contribution in [3.63, 3.8) is 0 Å². The van der Waals surface area contributed by atoms with E-state index in [0.29, 0.717) is 45.0 Å². The Labute approximate surface area is 154 Å². The molecule has 0 bridgehead atoms. The van der Waals surface area contributed by atoms with Crippen LogP contribution in [-0.4, -0.2) is 67.3 Å². The van der Waals surface area contributed by atoms with Crippen LogP contribution in [-0.2, 0) is 14.3 Å². The van der Waals surface area contributed by atoms with Gasteiger partial charge in [-0.2, -0.15) is 0 Å². The van der Waals surface area contributed by atoms with E-state index in [0.717, 1.165) is 0 Å². The molecule has 4 rings (SSSR count). The van der Waals surface area contributed by atoms with Crippen molar-refractivity contribution in [3.05, 3.63) is 29.8 Å². The number of fused-ring (bicyclic) bond motifs is 1. The van der Waals surface area contributed by atoms with Gasteiger partial charge in [-0.25, -0.2) is 0 Å². The smallest absolute Gasteiger partial charge is 0.395 e. The average molecular weight is 380 g/mol. The third-order valence-electron chi connectivity index (χ3n) is 4.73. The first-order valence-corrected chi connectivity index (χ1v) is 8.65. The number of hydrogen-bond donors (Lipinski definition) is 0. The van der Waals surface area contributed by atoms with Gasteiger partial charge >= 0.3 is 6.29 Å². The molecule has 0 radical (unpaired) electrons. The van der Waals surface area contributed by atoms with Crippen molar-refractivity contribution in [2.24, 2.45) is 5.92 Å². The fraction of sp³-hybridized carbons (Fsp3) is 0.444. The Morgan fingerprint density at radius 1 is 1.04 bits per heavy atom. The maximum Gasteiger partial charge on any atom is 0.586 e. The topological polar surface area (TPSA) is 68.3 Å². The number of carbonyl (C=O) groups is 2. The number of hydrogen-bond acceptors (Lipinski definition) is 5. The van der Waals surface area contributed by atoms with E-state index >= 15 is 0 Å². The Hall–Kier alpha value is -2.68. The van der Waals surface area contributed by atoms with Gasteiger partial charge in [0.2, 0.25) is 11.8 Å². The number of amides is 2. The molecule has 2 saturated heterocycles. The van der Waals surface area contributed by atoms with Gasteiger partial charge in [-0.1, -0.05) is 6.07 Å². The molecule has 27 heavy (non-hydrogen) atoms. The molecule has 7 nitrogen and oxygen atoms in total.